The molecule has 1 amide bonds. The zero-order valence-electron chi connectivity index (χ0n) is 17.4. The van der Waals surface area contributed by atoms with Crippen molar-refractivity contribution >= 4 is 17.6 Å². The van der Waals surface area contributed by atoms with E-state index < -0.39 is 12.0 Å². The minimum atomic E-state index is -0.464. The highest BCUT2D eigenvalue weighted by Crippen LogP contribution is 2.49. The van der Waals surface area contributed by atoms with Crippen LogP contribution in [0.3, 0.4) is 0 Å². The SMILES string of the molecule is CCOC(=O)c1ccc(N2C(=O)C3NNC(c4ccco4)C3C2c2ccc(O)cc2)cc1. The van der Waals surface area contributed by atoms with E-state index in [1.54, 1.807) is 54.5 Å². The van der Waals surface area contributed by atoms with E-state index in [0.717, 1.165) is 11.3 Å². The third kappa shape index (κ3) is 3.34. The molecule has 0 aliphatic carbocycles. The molecule has 0 saturated carbocycles. The maximum atomic E-state index is 13.5. The normalized spacial score (nSPS) is 24.5. The van der Waals surface area contributed by atoms with Gasteiger partial charge >= 0.3 is 5.97 Å². The van der Waals surface area contributed by atoms with E-state index >= 15 is 0 Å². The van der Waals surface area contributed by atoms with Crippen LogP contribution in [0.2, 0.25) is 0 Å². The molecule has 0 bridgehead atoms. The van der Waals surface area contributed by atoms with Gasteiger partial charge in [0.1, 0.15) is 17.6 Å². The number of nitrogens with one attached hydrogen (secondary N) is 2. The predicted molar refractivity (Wildman–Crippen MR) is 116 cm³/mol. The van der Waals surface area contributed by atoms with Crippen molar-refractivity contribution in [3.63, 3.8) is 0 Å². The van der Waals surface area contributed by atoms with Gasteiger partial charge in [-0.3, -0.25) is 4.79 Å². The van der Waals surface area contributed by atoms with Crippen molar-refractivity contribution in [2.75, 3.05) is 11.5 Å². The Morgan fingerprint density at radius 1 is 1.06 bits per heavy atom. The van der Waals surface area contributed by atoms with E-state index in [0.29, 0.717) is 17.9 Å². The van der Waals surface area contributed by atoms with E-state index in [2.05, 4.69) is 10.9 Å². The molecule has 2 aliphatic rings. The molecule has 5 rings (SSSR count). The van der Waals surface area contributed by atoms with Gasteiger partial charge in [0.2, 0.25) is 5.91 Å². The second kappa shape index (κ2) is 8.14. The molecule has 8 nitrogen and oxygen atoms in total. The molecule has 2 aromatic carbocycles. The van der Waals surface area contributed by atoms with E-state index in [1.807, 2.05) is 24.3 Å². The number of aromatic hydroxyl groups is 1. The second-order valence-corrected chi connectivity index (χ2v) is 7.85. The van der Waals surface area contributed by atoms with Crippen LogP contribution in [0, 0.1) is 5.92 Å². The summed E-state index contributed by atoms with van der Waals surface area (Å²) in [6, 6.07) is 16.4. The van der Waals surface area contributed by atoms with E-state index in [-0.39, 0.29) is 29.7 Å². The minimum Gasteiger partial charge on any atom is -0.508 e. The van der Waals surface area contributed by atoms with Gasteiger partial charge in [0.05, 0.1) is 30.5 Å². The van der Waals surface area contributed by atoms with E-state index in [9.17, 15) is 14.7 Å². The molecule has 8 heteroatoms. The Balaban J connectivity index is 1.56. The Hall–Kier alpha value is -3.62. The lowest BCUT2D eigenvalue weighted by atomic mass is 9.85. The molecule has 2 saturated heterocycles. The van der Waals surface area contributed by atoms with Gasteiger partial charge in [-0.15, -0.1) is 0 Å². The number of rotatable bonds is 5. The monoisotopic (exact) mass is 433 g/mol. The number of benzene rings is 2. The Morgan fingerprint density at radius 2 is 1.78 bits per heavy atom. The van der Waals surface area contributed by atoms with Gasteiger partial charge in [-0.2, -0.15) is 0 Å². The van der Waals surface area contributed by atoms with Crippen molar-refractivity contribution in [2.24, 2.45) is 5.92 Å². The molecule has 3 aromatic rings. The Bertz CT molecular complexity index is 1110. The summed E-state index contributed by atoms with van der Waals surface area (Å²) < 4.78 is 10.7. The first-order valence-corrected chi connectivity index (χ1v) is 10.5. The number of esters is 1. The number of furan rings is 1. The molecule has 3 heterocycles. The van der Waals surface area contributed by atoms with Crippen LogP contribution in [-0.4, -0.2) is 29.6 Å². The van der Waals surface area contributed by atoms with Crippen LogP contribution in [0.1, 0.15) is 40.7 Å². The smallest absolute Gasteiger partial charge is 0.338 e. The second-order valence-electron chi connectivity index (χ2n) is 7.85. The summed E-state index contributed by atoms with van der Waals surface area (Å²) >= 11 is 0. The summed E-state index contributed by atoms with van der Waals surface area (Å²) in [6.07, 6.45) is 1.61. The molecule has 2 fully saturated rings. The van der Waals surface area contributed by atoms with Crippen molar-refractivity contribution in [2.45, 2.75) is 25.0 Å². The molecule has 3 N–H and O–H groups in total. The van der Waals surface area contributed by atoms with E-state index in [1.165, 1.54) is 0 Å². The maximum Gasteiger partial charge on any atom is 0.338 e. The summed E-state index contributed by atoms with van der Waals surface area (Å²) in [7, 11) is 0. The highest BCUT2D eigenvalue weighted by atomic mass is 16.5. The zero-order chi connectivity index (χ0) is 22.2. The summed E-state index contributed by atoms with van der Waals surface area (Å²) in [5, 5.41) is 9.79. The number of hydrogen-bond donors (Lipinski definition) is 3. The minimum absolute atomic E-state index is 0.0847. The molecule has 1 aromatic heterocycles. The first-order chi connectivity index (χ1) is 15.6. The molecule has 4 atom stereocenters. The molecular weight excluding hydrogens is 410 g/mol. The lowest BCUT2D eigenvalue weighted by Gasteiger charge is -2.30. The van der Waals surface area contributed by atoms with Gasteiger partial charge in [-0.1, -0.05) is 12.1 Å². The summed E-state index contributed by atoms with van der Waals surface area (Å²) in [6.45, 7) is 2.05. The van der Waals surface area contributed by atoms with Crippen LogP contribution in [0.4, 0.5) is 5.69 Å². The lowest BCUT2D eigenvalue weighted by Crippen LogP contribution is -2.41. The lowest BCUT2D eigenvalue weighted by molar-refractivity contribution is -0.119. The highest BCUT2D eigenvalue weighted by Gasteiger charge is 2.56. The average molecular weight is 433 g/mol. The fourth-order valence-corrected chi connectivity index (χ4v) is 4.65. The third-order valence-corrected chi connectivity index (χ3v) is 6.05. The number of amides is 1. The number of carbonyl (C=O) groups is 2. The molecule has 32 heavy (non-hydrogen) atoms. The number of phenols is 1. The van der Waals surface area contributed by atoms with Crippen molar-refractivity contribution in [1.82, 2.24) is 10.9 Å². The Labute approximate surface area is 184 Å². The molecule has 164 valence electrons. The fourth-order valence-electron chi connectivity index (χ4n) is 4.65. The summed E-state index contributed by atoms with van der Waals surface area (Å²) in [5.41, 5.74) is 8.34. The van der Waals surface area contributed by atoms with E-state index in [4.69, 9.17) is 9.15 Å². The van der Waals surface area contributed by atoms with Gasteiger partial charge in [-0.25, -0.2) is 15.6 Å². The summed E-state index contributed by atoms with van der Waals surface area (Å²) in [4.78, 5) is 27.3. The standard InChI is InChI=1S/C24H23N3O5/c1-2-31-24(30)15-5-9-16(10-6-15)27-22(14-7-11-17(28)12-8-14)19-20(18-4-3-13-32-18)25-26-21(19)23(27)29/h3-13,19-22,25-26,28H,2H2,1H3. The third-order valence-electron chi connectivity index (χ3n) is 6.05. The molecular formula is C24H23N3O5. The number of anilines is 1. The van der Waals surface area contributed by atoms with Crippen molar-refractivity contribution in [1.29, 1.82) is 0 Å². The van der Waals surface area contributed by atoms with Crippen LogP contribution < -0.4 is 15.8 Å². The Morgan fingerprint density at radius 3 is 2.44 bits per heavy atom. The van der Waals surface area contributed by atoms with Gasteiger partial charge in [-0.05, 0) is 61.0 Å². The number of fused-ring (bicyclic) bond motifs is 1. The summed E-state index contributed by atoms with van der Waals surface area (Å²) in [5.74, 6) is 0.246. The van der Waals surface area contributed by atoms with Crippen LogP contribution in [-0.2, 0) is 9.53 Å². The fraction of sp³-hybridized carbons (Fsp3) is 0.250. The maximum absolute atomic E-state index is 13.5. The molecule has 4 unspecified atom stereocenters. The first kappa shape index (κ1) is 20.3. The van der Waals surface area contributed by atoms with Crippen molar-refractivity contribution < 1.29 is 23.8 Å². The number of nitrogens with zero attached hydrogens (tertiary/aromatic N) is 1. The van der Waals surface area contributed by atoms with Gasteiger partial charge < -0.3 is 19.2 Å². The number of carbonyl (C=O) groups excluding carboxylic acids is 2. The van der Waals surface area contributed by atoms with Crippen LogP contribution in [0.15, 0.2) is 71.3 Å². The van der Waals surface area contributed by atoms with Crippen LogP contribution in [0.25, 0.3) is 0 Å². The zero-order valence-corrected chi connectivity index (χ0v) is 17.4. The van der Waals surface area contributed by atoms with Crippen LogP contribution >= 0.6 is 0 Å². The number of hydrazine groups is 1. The first-order valence-electron chi connectivity index (χ1n) is 10.5. The predicted octanol–water partition coefficient (Wildman–Crippen LogP) is 3.08. The molecule has 0 spiro atoms. The quantitative estimate of drug-likeness (QED) is 0.531. The van der Waals surface area contributed by atoms with Crippen LogP contribution in [0.5, 0.6) is 5.75 Å². The largest absolute Gasteiger partial charge is 0.508 e. The average Bonchev–Trinajstić information content (AvgIpc) is 3.53. The number of ether oxygens (including phenoxy) is 1. The van der Waals surface area contributed by atoms with Crippen molar-refractivity contribution in [3.8, 4) is 5.75 Å². The number of phenolic OH excluding ortho intramolecular Hbond substituents is 1. The molecule has 2 aliphatic heterocycles. The topological polar surface area (TPSA) is 104 Å². The Kier molecular flexibility index (Phi) is 5.16. The highest BCUT2D eigenvalue weighted by molar-refractivity contribution is 6.02. The molecule has 0 radical (unpaired) electrons. The van der Waals surface area contributed by atoms with Gasteiger partial charge in [0, 0.05) is 11.6 Å². The van der Waals surface area contributed by atoms with Gasteiger partial charge in [0.15, 0.2) is 0 Å². The van der Waals surface area contributed by atoms with Gasteiger partial charge in [0.25, 0.3) is 0 Å². The number of hydrogen-bond acceptors (Lipinski definition) is 7. The van der Waals surface area contributed by atoms with Crippen molar-refractivity contribution in [3.05, 3.63) is 83.8 Å².